The van der Waals surface area contributed by atoms with Gasteiger partial charge >= 0.3 is 6.18 Å². The molecule has 5 rings (SSSR count). The highest BCUT2D eigenvalue weighted by molar-refractivity contribution is 5.96. The number of nitrogens with one attached hydrogen (secondary N) is 2. The minimum atomic E-state index is -4.70. The molecule has 2 N–H and O–H groups in total. The number of alkyl halides is 3. The van der Waals surface area contributed by atoms with E-state index in [2.05, 4.69) is 20.7 Å². The largest absolute Gasteiger partial charge is 0.491 e. The molecule has 0 bridgehead atoms. The molecule has 2 aromatic heterocycles. The summed E-state index contributed by atoms with van der Waals surface area (Å²) in [5, 5.41) is 9.81. The third-order valence-corrected chi connectivity index (χ3v) is 5.64. The van der Waals surface area contributed by atoms with Gasteiger partial charge in [0.05, 0.1) is 17.2 Å². The van der Waals surface area contributed by atoms with Crippen molar-refractivity contribution in [2.24, 2.45) is 0 Å². The van der Waals surface area contributed by atoms with Crippen LogP contribution in [-0.4, -0.2) is 32.7 Å². The number of halogens is 3. The summed E-state index contributed by atoms with van der Waals surface area (Å²) >= 11 is 0. The maximum absolute atomic E-state index is 13.7. The van der Waals surface area contributed by atoms with E-state index in [0.717, 1.165) is 35.8 Å². The Balaban J connectivity index is 1.43. The topological polar surface area (TPSA) is 80.5 Å². The van der Waals surface area contributed by atoms with Gasteiger partial charge in [-0.3, -0.25) is 4.79 Å². The van der Waals surface area contributed by atoms with Crippen LogP contribution in [0.5, 0.6) is 5.75 Å². The van der Waals surface area contributed by atoms with Gasteiger partial charge in [0.25, 0.3) is 5.91 Å². The molecule has 4 aromatic rings. The Morgan fingerprint density at radius 3 is 2.53 bits per heavy atom. The molecule has 2 aromatic carbocycles. The number of ether oxygens (including phenoxy) is 1. The molecule has 0 saturated heterocycles. The number of rotatable bonds is 7. The van der Waals surface area contributed by atoms with E-state index < -0.39 is 23.2 Å². The van der Waals surface area contributed by atoms with E-state index in [9.17, 15) is 18.0 Å². The van der Waals surface area contributed by atoms with Gasteiger partial charge in [0, 0.05) is 23.5 Å². The lowest BCUT2D eigenvalue weighted by Gasteiger charge is -2.14. The maximum Gasteiger partial charge on any atom is 0.417 e. The smallest absolute Gasteiger partial charge is 0.417 e. The normalized spacial score (nSPS) is 13.7. The van der Waals surface area contributed by atoms with Crippen molar-refractivity contribution >= 4 is 23.2 Å². The van der Waals surface area contributed by atoms with E-state index >= 15 is 0 Å². The van der Waals surface area contributed by atoms with E-state index in [1.807, 2.05) is 50.2 Å². The fraction of sp³-hybridized carbons (Fsp3) is 0.269. The molecule has 2 heterocycles. The van der Waals surface area contributed by atoms with Crippen LogP contribution in [0.4, 0.5) is 24.8 Å². The molecule has 1 saturated carbocycles. The zero-order valence-electron chi connectivity index (χ0n) is 19.6. The van der Waals surface area contributed by atoms with Crippen molar-refractivity contribution in [3.05, 3.63) is 71.9 Å². The van der Waals surface area contributed by atoms with E-state index in [4.69, 9.17) is 4.74 Å². The third-order valence-electron chi connectivity index (χ3n) is 5.64. The zero-order valence-corrected chi connectivity index (χ0v) is 19.6. The van der Waals surface area contributed by atoms with Crippen molar-refractivity contribution in [1.82, 2.24) is 19.9 Å². The first-order valence-electron chi connectivity index (χ1n) is 11.6. The molecule has 1 amide bonds. The summed E-state index contributed by atoms with van der Waals surface area (Å²) in [4.78, 5) is 16.8. The summed E-state index contributed by atoms with van der Waals surface area (Å²) in [6, 6.07) is 14.7. The molecule has 1 aliphatic rings. The molecule has 186 valence electrons. The maximum atomic E-state index is 13.7. The lowest BCUT2D eigenvalue weighted by molar-refractivity contribution is -0.137. The molecule has 0 unspecified atom stereocenters. The summed E-state index contributed by atoms with van der Waals surface area (Å²) in [7, 11) is 0. The Labute approximate surface area is 205 Å². The first kappa shape index (κ1) is 23.7. The molecule has 10 heteroatoms. The summed E-state index contributed by atoms with van der Waals surface area (Å²) in [6.07, 6.45) is -1.36. The lowest BCUT2D eigenvalue weighted by atomic mass is 10.1. The van der Waals surface area contributed by atoms with Crippen LogP contribution in [0.2, 0.25) is 0 Å². The number of fused-ring (bicyclic) bond motifs is 1. The van der Waals surface area contributed by atoms with Gasteiger partial charge in [-0.15, -0.1) is 5.10 Å². The predicted molar refractivity (Wildman–Crippen MR) is 129 cm³/mol. The SMILES string of the molecule is CC(C)Oc1ccc(-c2cccn3nc(Nc4ccc(C(=O)NC5CC5)c(C(F)(F)F)c4)nc23)cc1. The average Bonchev–Trinajstić information content (AvgIpc) is 3.54. The quantitative estimate of drug-likeness (QED) is 0.337. The Morgan fingerprint density at radius 1 is 1.11 bits per heavy atom. The summed E-state index contributed by atoms with van der Waals surface area (Å²) in [6.45, 7) is 3.90. The highest BCUT2D eigenvalue weighted by Gasteiger charge is 2.36. The molecular weight excluding hydrogens is 471 g/mol. The van der Waals surface area contributed by atoms with Crippen LogP contribution in [0.1, 0.15) is 42.6 Å². The number of nitrogens with zero attached hydrogens (tertiary/aromatic N) is 3. The second-order valence-corrected chi connectivity index (χ2v) is 8.95. The molecule has 36 heavy (non-hydrogen) atoms. The number of aromatic nitrogens is 3. The lowest BCUT2D eigenvalue weighted by Crippen LogP contribution is -2.28. The molecule has 1 fully saturated rings. The van der Waals surface area contributed by atoms with Crippen molar-refractivity contribution < 1.29 is 22.7 Å². The molecule has 0 radical (unpaired) electrons. The Hall–Kier alpha value is -4.08. The van der Waals surface area contributed by atoms with Crippen LogP contribution in [0.15, 0.2) is 60.8 Å². The van der Waals surface area contributed by atoms with Crippen LogP contribution in [0, 0.1) is 0 Å². The first-order valence-corrected chi connectivity index (χ1v) is 11.6. The number of carbonyl (C=O) groups excluding carboxylic acids is 1. The van der Waals surface area contributed by atoms with Gasteiger partial charge in [-0.25, -0.2) is 4.52 Å². The van der Waals surface area contributed by atoms with Gasteiger partial charge in [-0.1, -0.05) is 12.1 Å². The number of hydrogen-bond donors (Lipinski definition) is 2. The minimum Gasteiger partial charge on any atom is -0.491 e. The van der Waals surface area contributed by atoms with Crippen LogP contribution in [0.3, 0.4) is 0 Å². The fourth-order valence-electron chi connectivity index (χ4n) is 3.84. The van der Waals surface area contributed by atoms with Crippen molar-refractivity contribution in [3.8, 4) is 16.9 Å². The third kappa shape index (κ3) is 5.12. The van der Waals surface area contributed by atoms with Gasteiger partial charge in [0.1, 0.15) is 5.75 Å². The van der Waals surface area contributed by atoms with Gasteiger partial charge in [0.2, 0.25) is 5.95 Å². The standard InChI is InChI=1S/C26H24F3N5O2/c1-15(2)36-19-10-5-16(6-11-19)20-4-3-13-34-23(20)32-25(33-34)31-18-9-12-21(22(14-18)26(27,28)29)24(35)30-17-7-8-17/h3-6,9-15,17H,7-8H2,1-2H3,(H,30,35)(H,31,33). The molecular formula is C26H24F3N5O2. The molecule has 0 spiro atoms. The zero-order chi connectivity index (χ0) is 25.4. The van der Waals surface area contributed by atoms with Crippen molar-refractivity contribution in [2.45, 2.75) is 45.0 Å². The molecule has 1 aliphatic carbocycles. The molecule has 7 nitrogen and oxygen atoms in total. The highest BCUT2D eigenvalue weighted by Crippen LogP contribution is 2.35. The number of pyridine rings is 1. The molecule has 0 atom stereocenters. The van der Waals surface area contributed by atoms with E-state index in [1.54, 1.807) is 10.7 Å². The Bertz CT molecular complexity index is 1410. The van der Waals surface area contributed by atoms with Gasteiger partial charge in [-0.05, 0) is 74.7 Å². The van der Waals surface area contributed by atoms with Gasteiger partial charge in [-0.2, -0.15) is 18.2 Å². The van der Waals surface area contributed by atoms with Crippen molar-refractivity contribution in [1.29, 1.82) is 0 Å². The van der Waals surface area contributed by atoms with Crippen LogP contribution in [-0.2, 0) is 6.18 Å². The second-order valence-electron chi connectivity index (χ2n) is 8.95. The Kier molecular flexibility index (Phi) is 6.03. The fourth-order valence-corrected chi connectivity index (χ4v) is 3.84. The Morgan fingerprint density at radius 2 is 1.86 bits per heavy atom. The van der Waals surface area contributed by atoms with E-state index in [1.165, 1.54) is 12.1 Å². The van der Waals surface area contributed by atoms with Gasteiger partial charge in [0.15, 0.2) is 5.65 Å². The monoisotopic (exact) mass is 495 g/mol. The number of benzene rings is 2. The summed E-state index contributed by atoms with van der Waals surface area (Å²) < 4.78 is 48.5. The minimum absolute atomic E-state index is 0.0494. The van der Waals surface area contributed by atoms with E-state index in [-0.39, 0.29) is 23.8 Å². The van der Waals surface area contributed by atoms with Crippen molar-refractivity contribution in [3.63, 3.8) is 0 Å². The second kappa shape index (κ2) is 9.18. The van der Waals surface area contributed by atoms with E-state index in [0.29, 0.717) is 5.65 Å². The summed E-state index contributed by atoms with van der Waals surface area (Å²) in [5.41, 5.74) is 0.930. The molecule has 0 aliphatic heterocycles. The number of amides is 1. The highest BCUT2D eigenvalue weighted by atomic mass is 19.4. The predicted octanol–water partition coefficient (Wildman–Crippen LogP) is 5.84. The number of carbonyl (C=O) groups is 1. The number of hydrogen-bond acceptors (Lipinski definition) is 5. The first-order chi connectivity index (χ1) is 17.2. The van der Waals surface area contributed by atoms with Gasteiger partial charge < -0.3 is 15.4 Å². The van der Waals surface area contributed by atoms with Crippen LogP contribution < -0.4 is 15.4 Å². The number of anilines is 2. The summed E-state index contributed by atoms with van der Waals surface area (Å²) in [5.74, 6) is 0.154. The van der Waals surface area contributed by atoms with Crippen molar-refractivity contribution in [2.75, 3.05) is 5.32 Å². The average molecular weight is 496 g/mol. The van der Waals surface area contributed by atoms with Crippen LogP contribution >= 0.6 is 0 Å². The van der Waals surface area contributed by atoms with Crippen LogP contribution in [0.25, 0.3) is 16.8 Å².